The van der Waals surface area contributed by atoms with Crippen molar-refractivity contribution in [2.75, 3.05) is 13.7 Å². The number of nitrogens with zero attached hydrogens (tertiary/aromatic N) is 2. The summed E-state index contributed by atoms with van der Waals surface area (Å²) in [6, 6.07) is 6.09. The molecule has 1 fully saturated rings. The number of fused-ring (bicyclic) bond motifs is 2. The molecule has 0 unspecified atom stereocenters. The van der Waals surface area contributed by atoms with Crippen LogP contribution in [0, 0.1) is 0 Å². The van der Waals surface area contributed by atoms with E-state index in [-0.39, 0.29) is 5.56 Å². The van der Waals surface area contributed by atoms with E-state index >= 15 is 0 Å². The number of benzene rings is 1. The molecule has 5 rings (SSSR count). The van der Waals surface area contributed by atoms with Crippen LogP contribution in [0.15, 0.2) is 29.2 Å². The molecule has 152 valence electrons. The van der Waals surface area contributed by atoms with E-state index in [0.717, 1.165) is 60.7 Å². The van der Waals surface area contributed by atoms with Crippen LogP contribution in [-0.2, 0) is 19.5 Å². The standard InChI is InChI=1S/C23H28N4O2/c1-29-17-7-8-20-18(11-17)16(12-24-20)13-27-10-9-21-19(14-27)23(28)26-22(25-21)15-5-3-2-4-6-15/h7-8,11-12,15,24H,2-6,9-10,13-14H2,1H3,(H,25,26,28). The van der Waals surface area contributed by atoms with Crippen molar-refractivity contribution in [2.45, 2.75) is 57.5 Å². The van der Waals surface area contributed by atoms with Gasteiger partial charge in [0.2, 0.25) is 0 Å². The monoisotopic (exact) mass is 392 g/mol. The molecule has 2 aliphatic rings. The number of aromatic amines is 2. The minimum atomic E-state index is 0.0564. The second kappa shape index (κ2) is 7.67. The average Bonchev–Trinajstić information content (AvgIpc) is 3.16. The maximum absolute atomic E-state index is 12.8. The summed E-state index contributed by atoms with van der Waals surface area (Å²) in [4.78, 5) is 26.5. The Morgan fingerprint density at radius 3 is 2.93 bits per heavy atom. The van der Waals surface area contributed by atoms with Gasteiger partial charge in [-0.1, -0.05) is 19.3 Å². The van der Waals surface area contributed by atoms with E-state index in [4.69, 9.17) is 9.72 Å². The lowest BCUT2D eigenvalue weighted by atomic mass is 9.88. The SMILES string of the molecule is COc1ccc2[nH]cc(CN3CCc4nc(C5CCCCC5)[nH]c(=O)c4C3)c2c1. The van der Waals surface area contributed by atoms with Crippen molar-refractivity contribution in [3.05, 3.63) is 57.4 Å². The third-order valence-corrected chi connectivity index (χ3v) is 6.53. The molecular formula is C23H28N4O2. The first-order chi connectivity index (χ1) is 14.2. The molecule has 1 aliphatic heterocycles. The Kier molecular flexibility index (Phi) is 4.87. The molecule has 6 nitrogen and oxygen atoms in total. The summed E-state index contributed by atoms with van der Waals surface area (Å²) in [5, 5.41) is 1.18. The van der Waals surface area contributed by atoms with E-state index in [9.17, 15) is 4.79 Å². The van der Waals surface area contributed by atoms with E-state index < -0.39 is 0 Å². The summed E-state index contributed by atoms with van der Waals surface area (Å²) in [5.74, 6) is 2.21. The fourth-order valence-corrected chi connectivity index (χ4v) is 4.86. The van der Waals surface area contributed by atoms with Crippen molar-refractivity contribution < 1.29 is 4.74 Å². The van der Waals surface area contributed by atoms with Gasteiger partial charge in [0, 0.05) is 49.1 Å². The van der Waals surface area contributed by atoms with Crippen LogP contribution in [0.4, 0.5) is 0 Å². The fourth-order valence-electron chi connectivity index (χ4n) is 4.86. The Morgan fingerprint density at radius 2 is 2.10 bits per heavy atom. The molecule has 0 saturated heterocycles. The highest BCUT2D eigenvalue weighted by Crippen LogP contribution is 2.31. The molecule has 6 heteroatoms. The van der Waals surface area contributed by atoms with Gasteiger partial charge in [0.1, 0.15) is 11.6 Å². The largest absolute Gasteiger partial charge is 0.497 e. The molecule has 1 saturated carbocycles. The van der Waals surface area contributed by atoms with Crippen LogP contribution >= 0.6 is 0 Å². The maximum atomic E-state index is 12.8. The molecule has 2 N–H and O–H groups in total. The molecule has 0 radical (unpaired) electrons. The number of methoxy groups -OCH3 is 1. The first-order valence-electron chi connectivity index (χ1n) is 10.7. The van der Waals surface area contributed by atoms with Gasteiger partial charge < -0.3 is 14.7 Å². The van der Waals surface area contributed by atoms with Crippen molar-refractivity contribution in [1.29, 1.82) is 0 Å². The van der Waals surface area contributed by atoms with E-state index in [0.29, 0.717) is 12.5 Å². The molecule has 0 amide bonds. The molecule has 3 aromatic rings. The van der Waals surface area contributed by atoms with Crippen LogP contribution < -0.4 is 10.3 Å². The van der Waals surface area contributed by atoms with Crippen molar-refractivity contribution in [3.8, 4) is 5.75 Å². The van der Waals surface area contributed by atoms with Gasteiger partial charge in [-0.15, -0.1) is 0 Å². The van der Waals surface area contributed by atoms with Gasteiger partial charge in [-0.3, -0.25) is 9.69 Å². The summed E-state index contributed by atoms with van der Waals surface area (Å²) in [7, 11) is 1.69. The quantitative estimate of drug-likeness (QED) is 0.707. The third-order valence-electron chi connectivity index (χ3n) is 6.53. The lowest BCUT2D eigenvalue weighted by Crippen LogP contribution is -2.36. The number of nitrogens with one attached hydrogen (secondary N) is 2. The summed E-state index contributed by atoms with van der Waals surface area (Å²) >= 11 is 0. The molecule has 1 aromatic carbocycles. The van der Waals surface area contributed by atoms with Gasteiger partial charge in [0.15, 0.2) is 0 Å². The average molecular weight is 393 g/mol. The molecule has 0 bridgehead atoms. The predicted molar refractivity (Wildman–Crippen MR) is 113 cm³/mol. The van der Waals surface area contributed by atoms with Crippen LogP contribution in [0.2, 0.25) is 0 Å². The van der Waals surface area contributed by atoms with E-state index in [2.05, 4.69) is 27.1 Å². The third kappa shape index (κ3) is 3.57. The van der Waals surface area contributed by atoms with Crippen molar-refractivity contribution in [3.63, 3.8) is 0 Å². The van der Waals surface area contributed by atoms with Gasteiger partial charge in [-0.05, 0) is 36.6 Å². The molecular weight excluding hydrogens is 364 g/mol. The predicted octanol–water partition coefficient (Wildman–Crippen LogP) is 3.87. The second-order valence-electron chi connectivity index (χ2n) is 8.40. The minimum Gasteiger partial charge on any atom is -0.497 e. The Morgan fingerprint density at radius 1 is 1.24 bits per heavy atom. The first-order valence-corrected chi connectivity index (χ1v) is 10.7. The van der Waals surface area contributed by atoms with Gasteiger partial charge >= 0.3 is 0 Å². The Balaban J connectivity index is 1.37. The number of ether oxygens (including phenoxy) is 1. The van der Waals surface area contributed by atoms with Gasteiger partial charge in [0.25, 0.3) is 5.56 Å². The van der Waals surface area contributed by atoms with Crippen LogP contribution in [0.5, 0.6) is 5.75 Å². The maximum Gasteiger partial charge on any atom is 0.255 e. The molecule has 1 aliphatic carbocycles. The fraction of sp³-hybridized carbons (Fsp3) is 0.478. The smallest absolute Gasteiger partial charge is 0.255 e. The van der Waals surface area contributed by atoms with Crippen LogP contribution in [-0.4, -0.2) is 33.5 Å². The van der Waals surface area contributed by atoms with Gasteiger partial charge in [-0.25, -0.2) is 4.98 Å². The second-order valence-corrected chi connectivity index (χ2v) is 8.40. The normalized spacial score (nSPS) is 18.1. The Labute approximate surface area is 170 Å². The zero-order valence-corrected chi connectivity index (χ0v) is 17.0. The van der Waals surface area contributed by atoms with Gasteiger partial charge in [0.05, 0.1) is 18.4 Å². The van der Waals surface area contributed by atoms with Crippen LogP contribution in [0.3, 0.4) is 0 Å². The summed E-state index contributed by atoms with van der Waals surface area (Å²) in [6.07, 6.45) is 9.00. The Bertz CT molecular complexity index is 1080. The highest BCUT2D eigenvalue weighted by Gasteiger charge is 2.25. The number of H-pyrrole nitrogens is 2. The lowest BCUT2D eigenvalue weighted by Gasteiger charge is -2.28. The summed E-state index contributed by atoms with van der Waals surface area (Å²) in [6.45, 7) is 2.37. The van der Waals surface area contributed by atoms with Crippen LogP contribution in [0.1, 0.15) is 60.7 Å². The highest BCUT2D eigenvalue weighted by molar-refractivity contribution is 5.84. The van der Waals surface area contributed by atoms with Crippen LogP contribution in [0.25, 0.3) is 10.9 Å². The highest BCUT2D eigenvalue weighted by atomic mass is 16.5. The molecule has 29 heavy (non-hydrogen) atoms. The number of aromatic nitrogens is 3. The van der Waals surface area contributed by atoms with E-state index in [1.165, 1.54) is 30.2 Å². The zero-order valence-electron chi connectivity index (χ0n) is 17.0. The Hall–Kier alpha value is -2.60. The number of rotatable bonds is 4. The molecule has 0 spiro atoms. The van der Waals surface area contributed by atoms with Crippen molar-refractivity contribution in [2.24, 2.45) is 0 Å². The van der Waals surface area contributed by atoms with Crippen molar-refractivity contribution in [1.82, 2.24) is 19.9 Å². The topological polar surface area (TPSA) is 74.0 Å². The van der Waals surface area contributed by atoms with E-state index in [1.54, 1.807) is 7.11 Å². The summed E-state index contributed by atoms with van der Waals surface area (Å²) in [5.41, 5.74) is 4.24. The molecule has 2 aromatic heterocycles. The lowest BCUT2D eigenvalue weighted by molar-refractivity contribution is 0.242. The minimum absolute atomic E-state index is 0.0564. The van der Waals surface area contributed by atoms with Crippen molar-refractivity contribution >= 4 is 10.9 Å². The number of hydrogen-bond donors (Lipinski definition) is 2. The van der Waals surface area contributed by atoms with Gasteiger partial charge in [-0.2, -0.15) is 0 Å². The number of hydrogen-bond acceptors (Lipinski definition) is 4. The summed E-state index contributed by atoms with van der Waals surface area (Å²) < 4.78 is 5.38. The van der Waals surface area contributed by atoms with E-state index in [1.807, 2.05) is 12.1 Å². The zero-order chi connectivity index (χ0) is 19.8. The molecule has 3 heterocycles. The first kappa shape index (κ1) is 18.4. The molecule has 0 atom stereocenters.